The lowest BCUT2D eigenvalue weighted by Gasteiger charge is -2.12. The number of esters is 1. The van der Waals surface area contributed by atoms with Gasteiger partial charge in [-0.1, -0.05) is 11.6 Å². The molecule has 0 unspecified atom stereocenters. The molecule has 18 heavy (non-hydrogen) atoms. The number of hydrogen-bond donors (Lipinski definition) is 1. The van der Waals surface area contributed by atoms with Crippen molar-refractivity contribution in [3.8, 4) is 5.75 Å². The average Bonchev–Trinajstić information content (AvgIpc) is 2.39. The third-order valence-electron chi connectivity index (χ3n) is 1.95. The van der Waals surface area contributed by atoms with Gasteiger partial charge in [-0.15, -0.1) is 0 Å². The van der Waals surface area contributed by atoms with Crippen molar-refractivity contribution in [2.45, 2.75) is 13.8 Å². The highest BCUT2D eigenvalue weighted by molar-refractivity contribution is 6.34. The molecule has 0 aliphatic carbocycles. The minimum atomic E-state index is -3.10. The number of carbonyl (C=O) groups excluding carboxylic acids is 2. The fraction of sp³-hybridized carbons (Fsp3) is 0.333. The van der Waals surface area contributed by atoms with Gasteiger partial charge in [0.2, 0.25) is 5.91 Å². The lowest BCUT2D eigenvalue weighted by Crippen LogP contribution is -2.10. The molecule has 1 rings (SSSR count). The first kappa shape index (κ1) is 8.37. The maximum atomic E-state index is 11.7. The Balaban J connectivity index is 3.41. The largest absolute Gasteiger partial charge is 0.493 e. The van der Waals surface area contributed by atoms with Crippen LogP contribution in [0.25, 0.3) is 0 Å². The summed E-state index contributed by atoms with van der Waals surface area (Å²) < 4.78 is 45.8. The van der Waals surface area contributed by atoms with E-state index in [1.54, 1.807) is 0 Å². The van der Waals surface area contributed by atoms with Crippen LogP contribution in [-0.2, 0) is 9.53 Å². The molecule has 0 heterocycles. The van der Waals surface area contributed by atoms with Crippen LogP contribution in [0.2, 0.25) is 5.02 Å². The van der Waals surface area contributed by atoms with Gasteiger partial charge < -0.3 is 14.8 Å². The number of methoxy groups -OCH3 is 1. The van der Waals surface area contributed by atoms with E-state index in [4.69, 9.17) is 23.2 Å². The molecule has 0 radical (unpaired) electrons. The van der Waals surface area contributed by atoms with Gasteiger partial charge in [-0.3, -0.25) is 4.79 Å². The Morgan fingerprint density at radius 3 is 2.83 bits per heavy atom. The van der Waals surface area contributed by atoms with E-state index in [1.165, 1.54) is 6.92 Å². The van der Waals surface area contributed by atoms with Crippen molar-refractivity contribution in [1.82, 2.24) is 0 Å². The van der Waals surface area contributed by atoms with Gasteiger partial charge in [0, 0.05) is 17.1 Å². The highest BCUT2D eigenvalue weighted by Gasteiger charge is 2.17. The molecule has 98 valence electrons. The first-order chi connectivity index (χ1) is 10.4. The molecule has 1 aromatic carbocycles. The van der Waals surface area contributed by atoms with Gasteiger partial charge in [0.1, 0.15) is 11.3 Å². The Hall–Kier alpha value is -1.75. The van der Waals surface area contributed by atoms with E-state index in [0.717, 1.165) is 19.2 Å². The molecule has 0 bridgehead atoms. The maximum absolute atomic E-state index is 11.7. The monoisotopic (exact) mass is 276 g/mol. The highest BCUT2D eigenvalue weighted by Crippen LogP contribution is 2.31. The van der Waals surface area contributed by atoms with Gasteiger partial charge >= 0.3 is 5.97 Å². The fourth-order valence-corrected chi connectivity index (χ4v) is 1.46. The Morgan fingerprint density at radius 2 is 2.28 bits per heavy atom. The van der Waals surface area contributed by atoms with Crippen molar-refractivity contribution in [2.75, 3.05) is 19.0 Å². The van der Waals surface area contributed by atoms with Crippen LogP contribution in [0.1, 0.15) is 31.0 Å². The molecule has 0 spiro atoms. The zero-order valence-electron chi connectivity index (χ0n) is 14.7. The third kappa shape index (κ3) is 3.37. The molecule has 1 aromatic rings. The molecule has 1 N–H and O–H groups in total. The van der Waals surface area contributed by atoms with E-state index in [-0.39, 0.29) is 16.3 Å². The van der Waals surface area contributed by atoms with Crippen molar-refractivity contribution < 1.29 is 25.9 Å². The summed E-state index contributed by atoms with van der Waals surface area (Å²) in [5.41, 5.74) is -0.247. The zero-order valence-corrected chi connectivity index (χ0v) is 10.4. The van der Waals surface area contributed by atoms with Gasteiger partial charge in [0.25, 0.3) is 0 Å². The Labute approximate surface area is 117 Å². The number of hydrogen-bond acceptors (Lipinski definition) is 4. The summed E-state index contributed by atoms with van der Waals surface area (Å²) in [6, 6.07) is 2.14. The number of amides is 1. The molecule has 0 saturated heterocycles. The number of rotatable bonds is 4. The van der Waals surface area contributed by atoms with E-state index >= 15 is 0 Å². The SMILES string of the molecule is [2H]C([2H])([2H])C([2H])([2H])Oc1cc(NC(C)=O)c(Cl)cc1C(=O)OC. The van der Waals surface area contributed by atoms with Gasteiger partial charge in [-0.25, -0.2) is 4.79 Å². The van der Waals surface area contributed by atoms with Crippen LogP contribution in [0.4, 0.5) is 5.69 Å². The second-order valence-corrected chi connectivity index (χ2v) is 3.61. The van der Waals surface area contributed by atoms with E-state index in [1.807, 2.05) is 0 Å². The minimum Gasteiger partial charge on any atom is -0.493 e. The molecule has 0 atom stereocenters. The first-order valence-corrected chi connectivity index (χ1v) is 5.15. The van der Waals surface area contributed by atoms with Crippen molar-refractivity contribution in [2.24, 2.45) is 0 Å². The zero-order chi connectivity index (χ0) is 18.0. The molecule has 0 aliphatic heterocycles. The van der Waals surface area contributed by atoms with E-state index in [0.29, 0.717) is 0 Å². The average molecular weight is 277 g/mol. The van der Waals surface area contributed by atoms with Gasteiger partial charge in [0.15, 0.2) is 0 Å². The lowest BCUT2D eigenvalue weighted by atomic mass is 10.1. The summed E-state index contributed by atoms with van der Waals surface area (Å²) in [7, 11) is 1.08. The minimum absolute atomic E-state index is 0.0256. The Morgan fingerprint density at radius 1 is 1.56 bits per heavy atom. The summed E-state index contributed by atoms with van der Waals surface area (Å²) in [4.78, 5) is 22.9. The van der Waals surface area contributed by atoms with Gasteiger partial charge in [-0.2, -0.15) is 0 Å². The lowest BCUT2D eigenvalue weighted by molar-refractivity contribution is -0.114. The van der Waals surface area contributed by atoms with Crippen LogP contribution in [0.15, 0.2) is 12.1 Å². The number of halogens is 1. The van der Waals surface area contributed by atoms with E-state index in [2.05, 4.69) is 10.1 Å². The normalized spacial score (nSPS) is 15.4. The van der Waals surface area contributed by atoms with Crippen molar-refractivity contribution in [1.29, 1.82) is 0 Å². The summed E-state index contributed by atoms with van der Waals surface area (Å²) in [6.45, 7) is -4.96. The van der Waals surface area contributed by atoms with E-state index in [9.17, 15) is 9.59 Å². The summed E-state index contributed by atoms with van der Waals surface area (Å²) in [6.07, 6.45) is 0. The van der Waals surface area contributed by atoms with Gasteiger partial charge in [0.05, 0.1) is 27.1 Å². The van der Waals surface area contributed by atoms with Crippen LogP contribution < -0.4 is 10.1 Å². The second kappa shape index (κ2) is 6.26. The van der Waals surface area contributed by atoms with Crippen LogP contribution >= 0.6 is 11.6 Å². The Kier molecular flexibility index (Phi) is 2.91. The smallest absolute Gasteiger partial charge is 0.341 e. The number of benzene rings is 1. The molecule has 0 saturated carbocycles. The molecule has 0 aromatic heterocycles. The number of anilines is 1. The van der Waals surface area contributed by atoms with Crippen LogP contribution in [0.5, 0.6) is 5.75 Å². The van der Waals surface area contributed by atoms with Crippen LogP contribution in [-0.4, -0.2) is 25.5 Å². The molecule has 1 amide bonds. The second-order valence-electron chi connectivity index (χ2n) is 3.21. The molecule has 6 heteroatoms. The molecular formula is C12H14ClNO4. The van der Waals surface area contributed by atoms with Crippen molar-refractivity contribution in [3.05, 3.63) is 22.7 Å². The Bertz CT molecular complexity index is 633. The summed E-state index contributed by atoms with van der Waals surface area (Å²) >= 11 is 5.92. The summed E-state index contributed by atoms with van der Waals surface area (Å²) in [5.74, 6) is -1.80. The number of ether oxygens (including phenoxy) is 2. The van der Waals surface area contributed by atoms with Crippen LogP contribution in [0, 0.1) is 0 Å². The molecular weight excluding hydrogens is 258 g/mol. The predicted molar refractivity (Wildman–Crippen MR) is 68.3 cm³/mol. The molecule has 5 nitrogen and oxygen atoms in total. The van der Waals surface area contributed by atoms with Crippen molar-refractivity contribution >= 4 is 29.2 Å². The standard InChI is InChI=1S/C12H14ClNO4/c1-4-18-11-6-10(14-7(2)15)9(13)5-8(11)12(16)17-3/h5-6H,4H2,1-3H3,(H,14,15)/i1D3,4D2. The molecule has 0 fully saturated rings. The molecule has 0 aliphatic rings. The van der Waals surface area contributed by atoms with Crippen LogP contribution in [0.3, 0.4) is 0 Å². The summed E-state index contributed by atoms with van der Waals surface area (Å²) in [5, 5.41) is 2.33. The van der Waals surface area contributed by atoms with Gasteiger partial charge in [-0.05, 0) is 12.9 Å². The fourth-order valence-electron chi connectivity index (χ4n) is 1.25. The first-order valence-electron chi connectivity index (χ1n) is 7.27. The number of carbonyl (C=O) groups is 2. The van der Waals surface area contributed by atoms with Crippen molar-refractivity contribution in [3.63, 3.8) is 0 Å². The third-order valence-corrected chi connectivity index (χ3v) is 2.26. The highest BCUT2D eigenvalue weighted by atomic mass is 35.5. The quantitative estimate of drug-likeness (QED) is 0.858. The van der Waals surface area contributed by atoms with E-state index < -0.39 is 31.0 Å². The number of nitrogens with one attached hydrogen (secondary N) is 1. The maximum Gasteiger partial charge on any atom is 0.341 e. The topological polar surface area (TPSA) is 64.6 Å². The predicted octanol–water partition coefficient (Wildman–Crippen LogP) is 2.48.